The first-order valence-corrected chi connectivity index (χ1v) is 11.3. The Morgan fingerprint density at radius 1 is 0.784 bits per heavy atom. The highest BCUT2D eigenvalue weighted by atomic mass is 16.4. The lowest BCUT2D eigenvalue weighted by molar-refractivity contribution is -0.144. The monoisotopic (exact) mass is 524 g/mol. The van der Waals surface area contributed by atoms with Crippen LogP contribution >= 0.6 is 0 Å². The molecule has 1 aromatic carbocycles. The van der Waals surface area contributed by atoms with E-state index in [1.54, 1.807) is 13.8 Å². The summed E-state index contributed by atoms with van der Waals surface area (Å²) in [5.74, 6) is -7.39. The van der Waals surface area contributed by atoms with Gasteiger partial charge in [-0.2, -0.15) is 0 Å². The number of nitrogens with one attached hydrogen (secondary N) is 3. The van der Waals surface area contributed by atoms with Crippen molar-refractivity contribution in [1.82, 2.24) is 16.0 Å². The fourth-order valence-electron chi connectivity index (χ4n) is 3.10. The van der Waals surface area contributed by atoms with E-state index in [1.165, 1.54) is 24.3 Å². The van der Waals surface area contributed by atoms with Gasteiger partial charge in [-0.1, -0.05) is 26.0 Å². The second-order valence-electron chi connectivity index (χ2n) is 8.69. The van der Waals surface area contributed by atoms with Gasteiger partial charge in [0.05, 0.1) is 12.5 Å². The molecule has 0 aromatic heterocycles. The number of carbonyl (C=O) groups is 6. The van der Waals surface area contributed by atoms with Gasteiger partial charge in [0.2, 0.25) is 17.7 Å². The van der Waals surface area contributed by atoms with Crippen molar-refractivity contribution in [2.24, 2.45) is 11.7 Å². The number of phenolic OH excluding ortho intramolecular Hbond substituents is 1. The normalized spacial score (nSPS) is 14.1. The number of aliphatic carboxylic acids is 3. The molecule has 0 heterocycles. The summed E-state index contributed by atoms with van der Waals surface area (Å²) in [6, 6.07) is -0.146. The van der Waals surface area contributed by atoms with Gasteiger partial charge in [-0.15, -0.1) is 0 Å². The van der Waals surface area contributed by atoms with Gasteiger partial charge in [0, 0.05) is 12.8 Å². The Morgan fingerprint density at radius 2 is 1.30 bits per heavy atom. The number of amides is 3. The molecule has 1 rings (SSSR count). The molecular weight excluding hydrogens is 492 g/mol. The lowest BCUT2D eigenvalue weighted by Crippen LogP contribution is -2.58. The summed E-state index contributed by atoms with van der Waals surface area (Å²) in [6.45, 7) is 3.30. The molecular formula is C23H32N4O10. The molecule has 0 saturated carbocycles. The highest BCUT2D eigenvalue weighted by Crippen LogP contribution is 2.12. The van der Waals surface area contributed by atoms with Gasteiger partial charge in [-0.05, 0) is 30.0 Å². The quantitative estimate of drug-likeness (QED) is 0.135. The fourth-order valence-corrected chi connectivity index (χ4v) is 3.10. The van der Waals surface area contributed by atoms with E-state index in [4.69, 9.17) is 10.8 Å². The van der Waals surface area contributed by atoms with Crippen molar-refractivity contribution in [3.05, 3.63) is 29.8 Å². The highest BCUT2D eigenvalue weighted by Gasteiger charge is 2.32. The van der Waals surface area contributed by atoms with Gasteiger partial charge in [0.25, 0.3) is 0 Å². The highest BCUT2D eigenvalue weighted by molar-refractivity contribution is 5.95. The minimum absolute atomic E-state index is 0.0703. The van der Waals surface area contributed by atoms with E-state index in [-0.39, 0.29) is 18.1 Å². The molecule has 4 unspecified atom stereocenters. The predicted molar refractivity (Wildman–Crippen MR) is 127 cm³/mol. The summed E-state index contributed by atoms with van der Waals surface area (Å²) in [5, 5.41) is 43.6. The van der Waals surface area contributed by atoms with Gasteiger partial charge >= 0.3 is 17.9 Å². The molecule has 14 heteroatoms. The molecule has 14 nitrogen and oxygen atoms in total. The van der Waals surface area contributed by atoms with Crippen LogP contribution in [0.1, 0.15) is 38.7 Å². The van der Waals surface area contributed by atoms with Crippen LogP contribution in [0.25, 0.3) is 0 Å². The topological polar surface area (TPSA) is 245 Å². The molecule has 3 amide bonds. The van der Waals surface area contributed by atoms with Crippen LogP contribution in [0.4, 0.5) is 0 Å². The van der Waals surface area contributed by atoms with Gasteiger partial charge in [-0.3, -0.25) is 24.0 Å². The van der Waals surface area contributed by atoms with Crippen LogP contribution in [0.3, 0.4) is 0 Å². The Labute approximate surface area is 212 Å². The molecule has 0 fully saturated rings. The van der Waals surface area contributed by atoms with E-state index in [0.717, 1.165) is 0 Å². The first-order chi connectivity index (χ1) is 17.2. The van der Waals surface area contributed by atoms with Crippen molar-refractivity contribution in [3.8, 4) is 5.75 Å². The zero-order valence-electron chi connectivity index (χ0n) is 20.3. The predicted octanol–water partition coefficient (Wildman–Crippen LogP) is -1.20. The largest absolute Gasteiger partial charge is 0.508 e. The van der Waals surface area contributed by atoms with Crippen LogP contribution in [0.2, 0.25) is 0 Å². The molecule has 4 atom stereocenters. The Morgan fingerprint density at radius 3 is 1.78 bits per heavy atom. The molecule has 0 radical (unpaired) electrons. The third kappa shape index (κ3) is 10.9. The van der Waals surface area contributed by atoms with Crippen LogP contribution in [0.5, 0.6) is 5.75 Å². The number of nitrogens with two attached hydrogens (primary N) is 1. The van der Waals surface area contributed by atoms with Crippen molar-refractivity contribution >= 4 is 35.6 Å². The fraction of sp³-hybridized carbons (Fsp3) is 0.478. The second-order valence-corrected chi connectivity index (χ2v) is 8.69. The number of rotatable bonds is 15. The minimum atomic E-state index is -1.60. The van der Waals surface area contributed by atoms with E-state index in [1.807, 2.05) is 0 Å². The molecule has 0 bridgehead atoms. The first kappa shape index (κ1) is 30.8. The molecule has 0 saturated heterocycles. The number of aromatic hydroxyl groups is 1. The Hall–Kier alpha value is -4.20. The maximum absolute atomic E-state index is 13.0. The number of hydrogen-bond donors (Lipinski definition) is 8. The van der Waals surface area contributed by atoms with Gasteiger partial charge in [0.1, 0.15) is 23.9 Å². The van der Waals surface area contributed by atoms with Crippen molar-refractivity contribution in [2.75, 3.05) is 0 Å². The standard InChI is InChI=1S/C23H32N4O10/c1-11(2)19(24)22(35)27-16(10-18(31)32)21(34)26-15(9-12-3-5-13(28)6-4-12)20(33)25-14(23(36)37)7-8-17(29)30/h3-6,11,14-16,19,28H,7-10,24H2,1-2H3,(H,25,33)(H,26,34)(H,27,35)(H,29,30)(H,31,32)(H,36,37). The van der Waals surface area contributed by atoms with Crippen LogP contribution in [-0.4, -0.2) is 80.2 Å². The zero-order chi connectivity index (χ0) is 28.3. The number of benzene rings is 1. The first-order valence-electron chi connectivity index (χ1n) is 11.3. The maximum Gasteiger partial charge on any atom is 0.326 e. The number of phenols is 1. The summed E-state index contributed by atoms with van der Waals surface area (Å²) in [7, 11) is 0. The molecule has 0 aliphatic rings. The number of carboxylic acids is 3. The Bertz CT molecular complexity index is 996. The van der Waals surface area contributed by atoms with Crippen molar-refractivity contribution in [3.63, 3.8) is 0 Å². The van der Waals surface area contributed by atoms with Crippen molar-refractivity contribution in [1.29, 1.82) is 0 Å². The Balaban J connectivity index is 3.18. The van der Waals surface area contributed by atoms with Crippen LogP contribution in [-0.2, 0) is 35.2 Å². The van der Waals surface area contributed by atoms with Crippen LogP contribution < -0.4 is 21.7 Å². The third-order valence-electron chi connectivity index (χ3n) is 5.30. The molecule has 0 aliphatic carbocycles. The summed E-state index contributed by atoms with van der Waals surface area (Å²) < 4.78 is 0. The molecule has 0 spiro atoms. The third-order valence-corrected chi connectivity index (χ3v) is 5.30. The number of carbonyl (C=O) groups excluding carboxylic acids is 3. The average Bonchev–Trinajstić information content (AvgIpc) is 2.80. The molecule has 1 aromatic rings. The second kappa shape index (κ2) is 14.4. The summed E-state index contributed by atoms with van der Waals surface area (Å²) in [4.78, 5) is 71.9. The van der Waals surface area contributed by atoms with E-state index < -0.39 is 79.1 Å². The number of carboxylic acid groups (broad SMARTS) is 3. The van der Waals surface area contributed by atoms with Crippen LogP contribution in [0, 0.1) is 5.92 Å². The minimum Gasteiger partial charge on any atom is -0.508 e. The zero-order valence-corrected chi connectivity index (χ0v) is 20.3. The lowest BCUT2D eigenvalue weighted by Gasteiger charge is -2.25. The van der Waals surface area contributed by atoms with Crippen molar-refractivity contribution in [2.45, 2.75) is 63.7 Å². The van der Waals surface area contributed by atoms with Gasteiger partial charge in [0.15, 0.2) is 0 Å². The number of hydrogen-bond acceptors (Lipinski definition) is 8. The lowest BCUT2D eigenvalue weighted by atomic mass is 10.0. The van der Waals surface area contributed by atoms with Gasteiger partial charge < -0.3 is 42.1 Å². The molecule has 204 valence electrons. The molecule has 9 N–H and O–H groups in total. The van der Waals surface area contributed by atoms with E-state index >= 15 is 0 Å². The van der Waals surface area contributed by atoms with Gasteiger partial charge in [-0.25, -0.2) is 4.79 Å². The van der Waals surface area contributed by atoms with Crippen LogP contribution in [0.15, 0.2) is 24.3 Å². The summed E-state index contributed by atoms with van der Waals surface area (Å²) in [6.07, 6.45) is -2.01. The van der Waals surface area contributed by atoms with E-state index in [9.17, 15) is 44.1 Å². The van der Waals surface area contributed by atoms with E-state index in [0.29, 0.717) is 5.56 Å². The Kier molecular flexibility index (Phi) is 12.0. The molecule has 0 aliphatic heterocycles. The maximum atomic E-state index is 13.0. The molecule has 37 heavy (non-hydrogen) atoms. The summed E-state index contributed by atoms with van der Waals surface area (Å²) >= 11 is 0. The smallest absolute Gasteiger partial charge is 0.326 e. The van der Waals surface area contributed by atoms with E-state index in [2.05, 4.69) is 16.0 Å². The van der Waals surface area contributed by atoms with Crippen molar-refractivity contribution < 1.29 is 49.2 Å². The average molecular weight is 525 g/mol. The summed E-state index contributed by atoms with van der Waals surface area (Å²) in [5.41, 5.74) is 6.20. The SMILES string of the molecule is CC(C)C(N)C(=O)NC(CC(=O)O)C(=O)NC(Cc1ccc(O)cc1)C(=O)NC(CCC(=O)O)C(=O)O.